The standard InChI is InChI=1S/C9H21NO4S/c1-5-7(2)8(11)10-9(3,4)6-15(12,13)14/h7-8,10-11H,5-6H2,1-4H3,(H,12,13,14). The lowest BCUT2D eigenvalue weighted by atomic mass is 10.0. The summed E-state index contributed by atoms with van der Waals surface area (Å²) in [7, 11) is -4.03. The van der Waals surface area contributed by atoms with Crippen LogP contribution >= 0.6 is 0 Å². The van der Waals surface area contributed by atoms with Crippen LogP contribution in [-0.4, -0.2) is 35.6 Å². The molecule has 0 aliphatic heterocycles. The van der Waals surface area contributed by atoms with E-state index >= 15 is 0 Å². The van der Waals surface area contributed by atoms with Crippen LogP contribution in [0, 0.1) is 5.92 Å². The molecule has 0 rings (SSSR count). The summed E-state index contributed by atoms with van der Waals surface area (Å²) in [6.07, 6.45) is 0.0163. The first kappa shape index (κ1) is 14.8. The Morgan fingerprint density at radius 3 is 2.20 bits per heavy atom. The Bertz CT molecular complexity index is 286. The largest absolute Gasteiger partial charge is 0.378 e. The normalized spacial score (nSPS) is 17.5. The zero-order valence-electron chi connectivity index (χ0n) is 9.69. The summed E-state index contributed by atoms with van der Waals surface area (Å²) in [5.74, 6) is -0.390. The van der Waals surface area contributed by atoms with Crippen molar-refractivity contribution in [2.45, 2.75) is 45.9 Å². The van der Waals surface area contributed by atoms with E-state index in [1.807, 2.05) is 13.8 Å². The number of hydrogen-bond donors (Lipinski definition) is 3. The van der Waals surface area contributed by atoms with Gasteiger partial charge < -0.3 is 5.11 Å². The molecule has 0 aromatic heterocycles. The highest BCUT2D eigenvalue weighted by Gasteiger charge is 2.28. The van der Waals surface area contributed by atoms with Gasteiger partial charge in [-0.25, -0.2) is 0 Å². The van der Waals surface area contributed by atoms with Crippen LogP contribution in [0.3, 0.4) is 0 Å². The summed E-state index contributed by atoms with van der Waals surface area (Å²) >= 11 is 0. The van der Waals surface area contributed by atoms with Gasteiger partial charge in [0.1, 0.15) is 6.23 Å². The van der Waals surface area contributed by atoms with E-state index in [0.29, 0.717) is 0 Å². The monoisotopic (exact) mass is 239 g/mol. The van der Waals surface area contributed by atoms with Gasteiger partial charge in [-0.3, -0.25) is 9.87 Å². The van der Waals surface area contributed by atoms with Crippen molar-refractivity contribution >= 4 is 10.1 Å². The molecule has 0 saturated heterocycles. The van der Waals surface area contributed by atoms with Crippen LogP contribution in [0.25, 0.3) is 0 Å². The SMILES string of the molecule is CCC(C)C(O)NC(C)(C)CS(=O)(=O)O. The van der Waals surface area contributed by atoms with E-state index < -0.39 is 27.6 Å². The molecule has 2 atom stereocenters. The summed E-state index contributed by atoms with van der Waals surface area (Å²) in [6, 6.07) is 0. The second kappa shape index (κ2) is 5.25. The Morgan fingerprint density at radius 2 is 1.87 bits per heavy atom. The Morgan fingerprint density at radius 1 is 1.40 bits per heavy atom. The van der Waals surface area contributed by atoms with Crippen molar-refractivity contribution in [3.8, 4) is 0 Å². The minimum Gasteiger partial charge on any atom is -0.378 e. The van der Waals surface area contributed by atoms with E-state index in [4.69, 9.17) is 4.55 Å². The van der Waals surface area contributed by atoms with Crippen molar-refractivity contribution in [1.82, 2.24) is 5.32 Å². The van der Waals surface area contributed by atoms with Crippen LogP contribution in [0.1, 0.15) is 34.1 Å². The summed E-state index contributed by atoms with van der Waals surface area (Å²) in [4.78, 5) is 0. The Hall–Kier alpha value is -0.170. The minimum absolute atomic E-state index is 0.0330. The second-order valence-electron chi connectivity index (χ2n) is 4.58. The zero-order chi connectivity index (χ0) is 12.3. The van der Waals surface area contributed by atoms with E-state index in [0.717, 1.165) is 6.42 Å². The molecule has 2 unspecified atom stereocenters. The molecule has 0 aromatic rings. The average Bonchev–Trinajstić information content (AvgIpc) is 1.96. The average molecular weight is 239 g/mol. The van der Waals surface area contributed by atoms with Gasteiger partial charge in [0.05, 0.1) is 5.75 Å². The predicted octanol–water partition coefficient (Wildman–Crippen LogP) is 0.607. The van der Waals surface area contributed by atoms with Gasteiger partial charge in [-0.1, -0.05) is 13.8 Å². The van der Waals surface area contributed by atoms with Gasteiger partial charge in [-0.15, -0.1) is 0 Å². The van der Waals surface area contributed by atoms with Crippen LogP contribution in [0.15, 0.2) is 0 Å². The Labute approximate surface area is 91.6 Å². The predicted molar refractivity (Wildman–Crippen MR) is 59.1 cm³/mol. The highest BCUT2D eigenvalue weighted by molar-refractivity contribution is 7.85. The lowest BCUT2D eigenvalue weighted by Crippen LogP contribution is -2.52. The first-order valence-corrected chi connectivity index (χ1v) is 6.59. The molecule has 0 spiro atoms. The van der Waals surface area contributed by atoms with Crippen molar-refractivity contribution in [1.29, 1.82) is 0 Å². The minimum atomic E-state index is -4.03. The highest BCUT2D eigenvalue weighted by atomic mass is 32.2. The van der Waals surface area contributed by atoms with Gasteiger partial charge in [-0.05, 0) is 26.2 Å². The fourth-order valence-electron chi connectivity index (χ4n) is 1.26. The zero-order valence-corrected chi connectivity index (χ0v) is 10.5. The number of hydrogen-bond acceptors (Lipinski definition) is 4. The maximum atomic E-state index is 10.7. The molecule has 0 bridgehead atoms. The molecule has 0 saturated carbocycles. The maximum Gasteiger partial charge on any atom is 0.266 e. The summed E-state index contributed by atoms with van der Waals surface area (Å²) in [6.45, 7) is 7.03. The number of nitrogens with one attached hydrogen (secondary N) is 1. The van der Waals surface area contributed by atoms with Crippen LogP contribution in [-0.2, 0) is 10.1 Å². The molecule has 3 N–H and O–H groups in total. The molecule has 0 heterocycles. The van der Waals surface area contributed by atoms with Gasteiger partial charge in [0.25, 0.3) is 10.1 Å². The van der Waals surface area contributed by atoms with E-state index in [9.17, 15) is 13.5 Å². The van der Waals surface area contributed by atoms with E-state index in [2.05, 4.69) is 5.32 Å². The molecular weight excluding hydrogens is 218 g/mol. The van der Waals surface area contributed by atoms with Crippen LogP contribution in [0.4, 0.5) is 0 Å². The van der Waals surface area contributed by atoms with E-state index in [-0.39, 0.29) is 5.92 Å². The molecule has 0 fully saturated rings. The van der Waals surface area contributed by atoms with Gasteiger partial charge >= 0.3 is 0 Å². The topological polar surface area (TPSA) is 86.6 Å². The molecule has 6 heteroatoms. The molecule has 5 nitrogen and oxygen atoms in total. The quantitative estimate of drug-likeness (QED) is 0.467. The summed E-state index contributed by atoms with van der Waals surface area (Å²) < 4.78 is 30.1. The molecule has 15 heavy (non-hydrogen) atoms. The van der Waals surface area contributed by atoms with E-state index in [1.165, 1.54) is 0 Å². The molecule has 92 valence electrons. The fraction of sp³-hybridized carbons (Fsp3) is 1.00. The number of aliphatic hydroxyl groups is 1. The van der Waals surface area contributed by atoms with E-state index in [1.54, 1.807) is 13.8 Å². The molecule has 0 aliphatic rings. The summed E-state index contributed by atoms with van der Waals surface area (Å²) in [5.41, 5.74) is -0.851. The number of rotatable bonds is 6. The molecule has 0 radical (unpaired) electrons. The Balaban J connectivity index is 4.38. The highest BCUT2D eigenvalue weighted by Crippen LogP contribution is 2.12. The van der Waals surface area contributed by atoms with Gasteiger partial charge in [0, 0.05) is 5.54 Å². The third-order valence-electron chi connectivity index (χ3n) is 2.26. The fourth-order valence-corrected chi connectivity index (χ4v) is 2.26. The van der Waals surface area contributed by atoms with Crippen molar-refractivity contribution in [2.75, 3.05) is 5.75 Å². The maximum absolute atomic E-state index is 10.7. The first-order chi connectivity index (χ1) is 6.57. The third kappa shape index (κ3) is 6.83. The van der Waals surface area contributed by atoms with Crippen LogP contribution in [0.2, 0.25) is 0 Å². The third-order valence-corrected chi connectivity index (χ3v) is 3.35. The molecule has 0 aliphatic carbocycles. The molecule has 0 aromatic carbocycles. The molecular formula is C9H21NO4S. The lowest BCUT2D eigenvalue weighted by molar-refractivity contribution is 0.0564. The van der Waals surface area contributed by atoms with Crippen LogP contribution < -0.4 is 5.32 Å². The smallest absolute Gasteiger partial charge is 0.266 e. The Kier molecular flexibility index (Phi) is 5.19. The number of aliphatic hydroxyl groups excluding tert-OH is 1. The summed E-state index contributed by atoms with van der Waals surface area (Å²) in [5, 5.41) is 12.4. The first-order valence-electron chi connectivity index (χ1n) is 4.98. The van der Waals surface area contributed by atoms with Crippen molar-refractivity contribution in [3.05, 3.63) is 0 Å². The van der Waals surface area contributed by atoms with Crippen molar-refractivity contribution in [3.63, 3.8) is 0 Å². The van der Waals surface area contributed by atoms with Gasteiger partial charge in [-0.2, -0.15) is 8.42 Å². The lowest BCUT2D eigenvalue weighted by Gasteiger charge is -2.30. The molecule has 0 amide bonds. The van der Waals surface area contributed by atoms with Crippen molar-refractivity contribution in [2.24, 2.45) is 5.92 Å². The second-order valence-corrected chi connectivity index (χ2v) is 6.04. The van der Waals surface area contributed by atoms with Crippen LogP contribution in [0.5, 0.6) is 0 Å². The van der Waals surface area contributed by atoms with Gasteiger partial charge in [0.15, 0.2) is 0 Å². The van der Waals surface area contributed by atoms with Crippen molar-refractivity contribution < 1.29 is 18.1 Å². The van der Waals surface area contributed by atoms with Gasteiger partial charge in [0.2, 0.25) is 0 Å².